The second-order valence-electron chi connectivity index (χ2n) is 7.59. The smallest absolute Gasteiger partial charge is 0.345 e. The lowest BCUT2D eigenvalue weighted by atomic mass is 9.88. The Kier molecular flexibility index (Phi) is 8.67. The number of aromatic nitrogens is 2. The lowest BCUT2D eigenvalue weighted by molar-refractivity contribution is -0.143. The number of carbonyl (C=O) groups excluding carboxylic acids is 1. The molecule has 8 nitrogen and oxygen atoms in total. The van der Waals surface area contributed by atoms with Gasteiger partial charge in [0.1, 0.15) is 0 Å². The van der Waals surface area contributed by atoms with Gasteiger partial charge >= 0.3 is 13.6 Å². The van der Waals surface area contributed by atoms with E-state index in [9.17, 15) is 14.2 Å². The predicted molar refractivity (Wildman–Crippen MR) is 131 cm³/mol. The topological polar surface area (TPSA) is 99.6 Å². The number of aromatic amines is 1. The van der Waals surface area contributed by atoms with E-state index in [1.54, 1.807) is 64.1 Å². The van der Waals surface area contributed by atoms with Crippen LogP contribution in [0.5, 0.6) is 0 Å². The first-order valence-electron chi connectivity index (χ1n) is 11.3. The van der Waals surface area contributed by atoms with Crippen LogP contribution in [0.15, 0.2) is 65.5 Å². The summed E-state index contributed by atoms with van der Waals surface area (Å²) in [5.41, 5.74) is 0.371. The molecule has 34 heavy (non-hydrogen) atoms. The van der Waals surface area contributed by atoms with Crippen molar-refractivity contribution in [1.29, 1.82) is 0 Å². The van der Waals surface area contributed by atoms with E-state index in [1.807, 2.05) is 24.3 Å². The van der Waals surface area contributed by atoms with E-state index in [2.05, 4.69) is 5.10 Å². The van der Waals surface area contributed by atoms with Crippen LogP contribution in [0.3, 0.4) is 0 Å². The second-order valence-corrected chi connectivity index (χ2v) is 9.74. The van der Waals surface area contributed by atoms with Gasteiger partial charge in [-0.2, -0.15) is 0 Å². The highest BCUT2D eigenvalue weighted by molar-refractivity contribution is 7.55. The van der Waals surface area contributed by atoms with Crippen molar-refractivity contribution in [2.75, 3.05) is 19.8 Å². The van der Waals surface area contributed by atoms with Gasteiger partial charge in [-0.05, 0) is 45.4 Å². The molecular formula is C25H31N2O6P. The third-order valence-corrected chi connectivity index (χ3v) is 7.83. The molecule has 0 radical (unpaired) electrons. The summed E-state index contributed by atoms with van der Waals surface area (Å²) in [5.74, 6) is -1.68. The summed E-state index contributed by atoms with van der Waals surface area (Å²) in [6.45, 7) is 6.98. The van der Waals surface area contributed by atoms with Gasteiger partial charge in [0.2, 0.25) is 0 Å². The van der Waals surface area contributed by atoms with Gasteiger partial charge in [-0.15, -0.1) is 0 Å². The number of para-hydroxylation sites is 1. The number of aryl methyl sites for hydroxylation is 1. The average Bonchev–Trinajstić information content (AvgIpc) is 3.12. The van der Waals surface area contributed by atoms with Crippen LogP contribution in [0.25, 0.3) is 5.69 Å². The molecule has 0 saturated carbocycles. The molecule has 9 heteroatoms. The highest BCUT2D eigenvalue weighted by Crippen LogP contribution is 2.59. The number of ether oxygens (including phenoxy) is 1. The van der Waals surface area contributed by atoms with Crippen LogP contribution in [-0.4, -0.2) is 41.2 Å². The Labute approximate surface area is 199 Å². The largest absolute Gasteiger partial charge is 0.465 e. The van der Waals surface area contributed by atoms with E-state index in [0.29, 0.717) is 22.5 Å². The predicted octanol–water partition coefficient (Wildman–Crippen LogP) is 4.80. The van der Waals surface area contributed by atoms with Gasteiger partial charge in [0.25, 0.3) is 5.56 Å². The molecule has 0 aliphatic rings. The monoisotopic (exact) mass is 486 g/mol. The average molecular weight is 487 g/mol. The quantitative estimate of drug-likeness (QED) is 0.309. The molecule has 1 N–H and O–H groups in total. The minimum absolute atomic E-state index is 0.0645. The summed E-state index contributed by atoms with van der Waals surface area (Å²) in [5, 5.41) is 3.10. The van der Waals surface area contributed by atoms with Gasteiger partial charge in [-0.3, -0.25) is 19.3 Å². The molecule has 0 bridgehead atoms. The number of benzene rings is 2. The molecule has 2 aromatic carbocycles. The van der Waals surface area contributed by atoms with Gasteiger partial charge in [0, 0.05) is 17.2 Å². The zero-order chi connectivity index (χ0) is 24.7. The lowest BCUT2D eigenvalue weighted by Crippen LogP contribution is -2.35. The van der Waals surface area contributed by atoms with Crippen LogP contribution >= 0.6 is 7.60 Å². The molecule has 0 amide bonds. The zero-order valence-electron chi connectivity index (χ0n) is 19.9. The molecule has 1 aromatic heterocycles. The number of hydrogen-bond donors (Lipinski definition) is 1. The summed E-state index contributed by atoms with van der Waals surface area (Å²) in [4.78, 5) is 27.1. The number of nitrogens with zero attached hydrogens (tertiary/aromatic N) is 1. The third-order valence-electron chi connectivity index (χ3n) is 5.40. The normalized spacial score (nSPS) is 13.4. The number of rotatable bonds is 11. The van der Waals surface area contributed by atoms with Crippen molar-refractivity contribution in [2.24, 2.45) is 0 Å². The highest BCUT2D eigenvalue weighted by Gasteiger charge is 2.50. The standard InChI is InChI=1S/C25H31N2O6P/c1-5-31-25(29)23(34(30,32-6-2)33-7-3)22(19-14-10-8-11-15-19)21-18(4)26-27(24(21)28)20-16-12-9-13-17-20/h8-17,22-23,26H,5-7H2,1-4H3. The maximum Gasteiger partial charge on any atom is 0.345 e. The fourth-order valence-electron chi connectivity index (χ4n) is 4.09. The molecule has 0 aliphatic heterocycles. The molecular weight excluding hydrogens is 455 g/mol. The molecule has 182 valence electrons. The number of nitrogens with one attached hydrogen (secondary N) is 1. The van der Waals surface area contributed by atoms with Crippen molar-refractivity contribution < 1.29 is 23.1 Å². The summed E-state index contributed by atoms with van der Waals surface area (Å²) in [6.07, 6.45) is 0. The summed E-state index contributed by atoms with van der Waals surface area (Å²) < 4.78 is 32.0. The summed E-state index contributed by atoms with van der Waals surface area (Å²) >= 11 is 0. The molecule has 0 spiro atoms. The Morgan fingerprint density at radius 1 is 0.941 bits per heavy atom. The van der Waals surface area contributed by atoms with Gasteiger partial charge in [0.05, 0.1) is 25.5 Å². The minimum Gasteiger partial charge on any atom is -0.465 e. The Hall–Kier alpha value is -2.93. The fourth-order valence-corrected chi connectivity index (χ4v) is 6.22. The molecule has 0 aliphatic carbocycles. The zero-order valence-corrected chi connectivity index (χ0v) is 20.8. The maximum atomic E-state index is 14.1. The van der Waals surface area contributed by atoms with Crippen LogP contribution in [0, 0.1) is 6.92 Å². The van der Waals surface area contributed by atoms with Crippen LogP contribution in [0.1, 0.15) is 43.5 Å². The van der Waals surface area contributed by atoms with Crippen LogP contribution in [0.2, 0.25) is 0 Å². The van der Waals surface area contributed by atoms with Crippen LogP contribution in [-0.2, 0) is 23.1 Å². The Bertz CT molecular complexity index is 1180. The first kappa shape index (κ1) is 25.7. The van der Waals surface area contributed by atoms with Crippen LogP contribution in [0.4, 0.5) is 0 Å². The molecule has 0 saturated heterocycles. The van der Waals surface area contributed by atoms with Gasteiger partial charge < -0.3 is 13.8 Å². The fraction of sp³-hybridized carbons (Fsp3) is 0.360. The van der Waals surface area contributed by atoms with Gasteiger partial charge in [-0.1, -0.05) is 48.5 Å². The summed E-state index contributed by atoms with van der Waals surface area (Å²) in [7, 11) is -4.04. The van der Waals surface area contributed by atoms with Crippen molar-refractivity contribution in [1.82, 2.24) is 9.78 Å². The lowest BCUT2D eigenvalue weighted by Gasteiger charge is -2.31. The Morgan fingerprint density at radius 2 is 1.50 bits per heavy atom. The highest BCUT2D eigenvalue weighted by atomic mass is 31.2. The van der Waals surface area contributed by atoms with E-state index < -0.39 is 25.1 Å². The molecule has 2 atom stereocenters. The van der Waals surface area contributed by atoms with E-state index in [-0.39, 0.29) is 25.4 Å². The first-order chi connectivity index (χ1) is 16.4. The summed E-state index contributed by atoms with van der Waals surface area (Å²) in [6, 6.07) is 18.1. The van der Waals surface area contributed by atoms with Crippen molar-refractivity contribution in [3.8, 4) is 5.69 Å². The molecule has 2 unspecified atom stereocenters. The number of H-pyrrole nitrogens is 1. The van der Waals surface area contributed by atoms with E-state index in [1.165, 1.54) is 4.68 Å². The Morgan fingerprint density at radius 3 is 2.03 bits per heavy atom. The van der Waals surface area contributed by atoms with Gasteiger partial charge in [0.15, 0.2) is 5.66 Å². The number of hydrogen-bond acceptors (Lipinski definition) is 6. The van der Waals surface area contributed by atoms with Crippen molar-refractivity contribution in [2.45, 2.75) is 39.3 Å². The third kappa shape index (κ3) is 5.25. The second kappa shape index (κ2) is 11.5. The van der Waals surface area contributed by atoms with E-state index in [4.69, 9.17) is 13.8 Å². The molecule has 3 aromatic rings. The van der Waals surface area contributed by atoms with Gasteiger partial charge in [-0.25, -0.2) is 4.68 Å². The molecule has 3 rings (SSSR count). The first-order valence-corrected chi connectivity index (χ1v) is 13.0. The van der Waals surface area contributed by atoms with Crippen molar-refractivity contribution in [3.63, 3.8) is 0 Å². The minimum atomic E-state index is -4.04. The maximum absolute atomic E-state index is 14.1. The number of esters is 1. The molecule has 1 heterocycles. The van der Waals surface area contributed by atoms with Crippen LogP contribution < -0.4 is 5.56 Å². The van der Waals surface area contributed by atoms with Crippen molar-refractivity contribution in [3.05, 3.63) is 87.8 Å². The SMILES string of the molecule is CCOC(=O)C(C(c1ccccc1)c1c(C)[nH]n(-c2ccccc2)c1=O)P(=O)(OCC)OCC. The molecule has 0 fully saturated rings. The van der Waals surface area contributed by atoms with E-state index >= 15 is 0 Å². The van der Waals surface area contributed by atoms with Crippen molar-refractivity contribution >= 4 is 13.6 Å². The Balaban J connectivity index is 2.31. The van der Waals surface area contributed by atoms with E-state index in [0.717, 1.165) is 0 Å². The number of carbonyl (C=O) groups is 1.